The first-order valence-electron chi connectivity index (χ1n) is 8.10. The molecule has 0 bridgehead atoms. The summed E-state index contributed by atoms with van der Waals surface area (Å²) in [7, 11) is 0. The number of anilines is 1. The van der Waals surface area contributed by atoms with E-state index < -0.39 is 6.10 Å². The maximum absolute atomic E-state index is 12.1. The number of amides is 1. The molecule has 0 aliphatic rings. The summed E-state index contributed by atoms with van der Waals surface area (Å²) in [6.07, 6.45) is -0.705. The molecule has 0 heterocycles. The second-order valence-electron chi connectivity index (χ2n) is 5.31. The predicted molar refractivity (Wildman–Crippen MR) is 103 cm³/mol. The van der Waals surface area contributed by atoms with Crippen molar-refractivity contribution in [1.29, 1.82) is 0 Å². The van der Waals surface area contributed by atoms with Gasteiger partial charge in [-0.1, -0.05) is 18.2 Å². The van der Waals surface area contributed by atoms with Gasteiger partial charge in [0.05, 0.1) is 12.2 Å². The van der Waals surface area contributed by atoms with Crippen LogP contribution in [0.1, 0.15) is 24.2 Å². The zero-order valence-electron chi connectivity index (χ0n) is 14.5. The number of carbonyl (C=O) groups excluding carboxylic acids is 2. The molecule has 0 saturated heterocycles. The number of hydrogen-bond acceptors (Lipinski definition) is 5. The summed E-state index contributed by atoms with van der Waals surface area (Å²) >= 11 is 5.13. The van der Waals surface area contributed by atoms with Crippen LogP contribution in [0.3, 0.4) is 0 Å². The molecule has 2 rings (SSSR count). The summed E-state index contributed by atoms with van der Waals surface area (Å²) in [4.78, 5) is 23.7. The van der Waals surface area contributed by atoms with Crippen LogP contribution in [0.4, 0.5) is 5.69 Å². The minimum atomic E-state index is -0.705. The molecule has 1 atom stereocenters. The van der Waals surface area contributed by atoms with Crippen molar-refractivity contribution >= 4 is 34.9 Å². The average Bonchev–Trinajstić information content (AvgIpc) is 2.63. The van der Waals surface area contributed by atoms with Crippen LogP contribution < -0.4 is 15.4 Å². The Morgan fingerprint density at radius 3 is 2.35 bits per heavy atom. The van der Waals surface area contributed by atoms with Crippen LogP contribution in [-0.4, -0.2) is 29.7 Å². The normalized spacial score (nSPS) is 11.2. The fourth-order valence-corrected chi connectivity index (χ4v) is 2.26. The van der Waals surface area contributed by atoms with Gasteiger partial charge in [-0.3, -0.25) is 10.1 Å². The van der Waals surface area contributed by atoms with Gasteiger partial charge < -0.3 is 14.8 Å². The highest BCUT2D eigenvalue weighted by molar-refractivity contribution is 7.80. The van der Waals surface area contributed by atoms with E-state index in [1.165, 1.54) is 0 Å². The van der Waals surface area contributed by atoms with Crippen LogP contribution in [0.5, 0.6) is 5.75 Å². The van der Waals surface area contributed by atoms with Crippen LogP contribution in [-0.2, 0) is 9.53 Å². The maximum Gasteiger partial charge on any atom is 0.338 e. The number of thiocarbonyl (C=S) groups is 1. The van der Waals surface area contributed by atoms with Gasteiger partial charge in [-0.2, -0.15) is 0 Å². The van der Waals surface area contributed by atoms with Crippen molar-refractivity contribution in [3.63, 3.8) is 0 Å². The molecule has 0 spiro atoms. The van der Waals surface area contributed by atoms with Crippen LogP contribution in [0.15, 0.2) is 54.6 Å². The Bertz CT molecular complexity index is 763. The van der Waals surface area contributed by atoms with Crippen molar-refractivity contribution in [2.24, 2.45) is 0 Å². The van der Waals surface area contributed by atoms with Crippen LogP contribution in [0.2, 0.25) is 0 Å². The number of esters is 1. The van der Waals surface area contributed by atoms with E-state index in [0.717, 1.165) is 0 Å². The van der Waals surface area contributed by atoms with Gasteiger partial charge in [-0.25, -0.2) is 4.79 Å². The standard InChI is InChI=1S/C19H20N2O4S/c1-3-24-18(23)14-9-11-15(12-10-14)20-19(26)21-17(22)13(2)25-16-7-5-4-6-8-16/h4-13H,3H2,1-2H3,(H2,20,21,22,26)/t13-/m1/s1. The first-order chi connectivity index (χ1) is 12.5. The molecule has 0 radical (unpaired) electrons. The summed E-state index contributed by atoms with van der Waals surface area (Å²) in [5.74, 6) is -0.153. The third-order valence-corrected chi connectivity index (χ3v) is 3.52. The first-order valence-corrected chi connectivity index (χ1v) is 8.51. The van der Waals surface area contributed by atoms with E-state index in [1.54, 1.807) is 50.2 Å². The minimum Gasteiger partial charge on any atom is -0.481 e. The Labute approximate surface area is 157 Å². The lowest BCUT2D eigenvalue weighted by Gasteiger charge is -2.15. The van der Waals surface area contributed by atoms with Crippen molar-refractivity contribution in [2.75, 3.05) is 11.9 Å². The van der Waals surface area contributed by atoms with E-state index in [9.17, 15) is 9.59 Å². The third-order valence-electron chi connectivity index (χ3n) is 3.32. The van der Waals surface area contributed by atoms with Crippen LogP contribution in [0, 0.1) is 0 Å². The highest BCUT2D eigenvalue weighted by Gasteiger charge is 2.16. The molecule has 0 saturated carbocycles. The molecule has 0 fully saturated rings. The van der Waals surface area contributed by atoms with E-state index in [-0.39, 0.29) is 17.0 Å². The summed E-state index contributed by atoms with van der Waals surface area (Å²) in [5.41, 5.74) is 1.08. The molecule has 0 aliphatic heterocycles. The summed E-state index contributed by atoms with van der Waals surface area (Å²) in [6, 6.07) is 15.6. The second-order valence-corrected chi connectivity index (χ2v) is 5.72. The quantitative estimate of drug-likeness (QED) is 0.599. The van der Waals surface area contributed by atoms with E-state index >= 15 is 0 Å². The van der Waals surface area contributed by atoms with E-state index in [0.29, 0.717) is 23.6 Å². The van der Waals surface area contributed by atoms with Gasteiger partial charge >= 0.3 is 5.97 Å². The predicted octanol–water partition coefficient (Wildman–Crippen LogP) is 3.14. The molecular weight excluding hydrogens is 352 g/mol. The molecule has 7 heteroatoms. The lowest BCUT2D eigenvalue weighted by molar-refractivity contribution is -0.125. The lowest BCUT2D eigenvalue weighted by atomic mass is 10.2. The monoisotopic (exact) mass is 372 g/mol. The van der Waals surface area contributed by atoms with Crippen molar-refractivity contribution < 1.29 is 19.1 Å². The molecular formula is C19H20N2O4S. The zero-order valence-corrected chi connectivity index (χ0v) is 15.3. The molecule has 2 aromatic carbocycles. The molecule has 2 N–H and O–H groups in total. The van der Waals surface area contributed by atoms with Gasteiger partial charge in [0.1, 0.15) is 5.75 Å². The zero-order chi connectivity index (χ0) is 18.9. The maximum atomic E-state index is 12.1. The SMILES string of the molecule is CCOC(=O)c1ccc(NC(=S)NC(=O)[C@@H](C)Oc2ccccc2)cc1. The van der Waals surface area contributed by atoms with Crippen molar-refractivity contribution in [1.82, 2.24) is 5.32 Å². The smallest absolute Gasteiger partial charge is 0.338 e. The molecule has 26 heavy (non-hydrogen) atoms. The number of para-hydroxylation sites is 1. The third kappa shape index (κ3) is 5.86. The van der Waals surface area contributed by atoms with E-state index in [1.807, 2.05) is 18.2 Å². The highest BCUT2D eigenvalue weighted by atomic mass is 32.1. The van der Waals surface area contributed by atoms with E-state index in [4.69, 9.17) is 21.7 Å². The molecule has 0 aromatic heterocycles. The van der Waals surface area contributed by atoms with E-state index in [2.05, 4.69) is 10.6 Å². The molecule has 0 unspecified atom stereocenters. The Morgan fingerprint density at radius 1 is 1.08 bits per heavy atom. The Hall–Kier alpha value is -2.93. The van der Waals surface area contributed by atoms with Crippen molar-refractivity contribution in [2.45, 2.75) is 20.0 Å². The summed E-state index contributed by atoms with van der Waals surface area (Å²) < 4.78 is 10.5. The van der Waals surface area contributed by atoms with Crippen molar-refractivity contribution in [3.8, 4) is 5.75 Å². The van der Waals surface area contributed by atoms with Gasteiger partial charge in [-0.05, 0) is 62.5 Å². The van der Waals surface area contributed by atoms with Gasteiger partial charge in [0.25, 0.3) is 5.91 Å². The summed E-state index contributed by atoms with van der Waals surface area (Å²) in [6.45, 7) is 3.70. The first kappa shape index (κ1) is 19.4. The number of benzene rings is 2. The lowest BCUT2D eigenvalue weighted by Crippen LogP contribution is -2.42. The van der Waals surface area contributed by atoms with Crippen LogP contribution in [0.25, 0.3) is 0 Å². The van der Waals surface area contributed by atoms with Crippen molar-refractivity contribution in [3.05, 3.63) is 60.2 Å². The van der Waals surface area contributed by atoms with Crippen LogP contribution >= 0.6 is 12.2 Å². The topological polar surface area (TPSA) is 76.7 Å². The molecule has 136 valence electrons. The Balaban J connectivity index is 1.85. The fraction of sp³-hybridized carbons (Fsp3) is 0.211. The Morgan fingerprint density at radius 2 is 1.73 bits per heavy atom. The molecule has 0 aliphatic carbocycles. The number of rotatable bonds is 6. The second kappa shape index (κ2) is 9.53. The number of carbonyl (C=O) groups is 2. The largest absolute Gasteiger partial charge is 0.481 e. The average molecular weight is 372 g/mol. The van der Waals surface area contributed by atoms with Gasteiger partial charge in [0.2, 0.25) is 0 Å². The minimum absolute atomic E-state index is 0.141. The number of hydrogen-bond donors (Lipinski definition) is 2. The molecule has 6 nitrogen and oxygen atoms in total. The number of ether oxygens (including phenoxy) is 2. The van der Waals surface area contributed by atoms with Gasteiger partial charge in [0, 0.05) is 5.69 Å². The number of nitrogens with one attached hydrogen (secondary N) is 2. The molecule has 2 aromatic rings. The highest BCUT2D eigenvalue weighted by Crippen LogP contribution is 2.12. The molecule has 1 amide bonds. The van der Waals surface area contributed by atoms with Gasteiger partial charge in [0.15, 0.2) is 11.2 Å². The summed E-state index contributed by atoms with van der Waals surface area (Å²) in [5, 5.41) is 5.59. The fourth-order valence-electron chi connectivity index (χ4n) is 2.04. The van der Waals surface area contributed by atoms with Gasteiger partial charge in [-0.15, -0.1) is 0 Å². The Kier molecular flexibility index (Phi) is 7.11.